The van der Waals surface area contributed by atoms with Crippen molar-refractivity contribution in [3.63, 3.8) is 0 Å². The second-order valence-corrected chi connectivity index (χ2v) is 9.95. The van der Waals surface area contributed by atoms with Crippen LogP contribution >= 0.6 is 0 Å². The molecule has 176 valence electrons. The predicted octanol–water partition coefficient (Wildman–Crippen LogP) is 3.79. The van der Waals surface area contributed by atoms with Crippen LogP contribution in [0.1, 0.15) is 58.4 Å². The summed E-state index contributed by atoms with van der Waals surface area (Å²) in [5.41, 5.74) is 0.450. The molecule has 0 unspecified atom stereocenters. The first-order chi connectivity index (χ1) is 15.7. The Bertz CT molecular complexity index is 1020. The number of benzene rings is 1. The number of carbonyl (C=O) groups excluding carboxylic acids is 3. The topological polar surface area (TPSA) is 96.3 Å². The molecule has 1 saturated carbocycles. The molecule has 8 nitrogen and oxygen atoms in total. The van der Waals surface area contributed by atoms with E-state index in [1.54, 1.807) is 16.9 Å². The van der Waals surface area contributed by atoms with Crippen molar-refractivity contribution in [2.45, 2.75) is 65.0 Å². The molecule has 2 heterocycles. The van der Waals surface area contributed by atoms with E-state index in [1.165, 1.54) is 0 Å². The number of imide groups is 1. The first-order valence-electron chi connectivity index (χ1n) is 11.7. The van der Waals surface area contributed by atoms with Crippen molar-refractivity contribution in [3.05, 3.63) is 48.2 Å². The third kappa shape index (κ3) is 4.79. The summed E-state index contributed by atoms with van der Waals surface area (Å²) in [5.74, 6) is 0.188. The molecule has 1 aromatic carbocycles. The maximum absolute atomic E-state index is 13.2. The van der Waals surface area contributed by atoms with Crippen LogP contribution in [0.2, 0.25) is 0 Å². The van der Waals surface area contributed by atoms with Gasteiger partial charge in [0.15, 0.2) is 5.82 Å². The Kier molecular flexibility index (Phi) is 6.28. The summed E-state index contributed by atoms with van der Waals surface area (Å²) in [4.78, 5) is 39.4. The van der Waals surface area contributed by atoms with E-state index < -0.39 is 17.5 Å². The Hall–Kier alpha value is -3.16. The molecule has 1 aromatic heterocycles. The lowest BCUT2D eigenvalue weighted by Crippen LogP contribution is -2.51. The van der Waals surface area contributed by atoms with Gasteiger partial charge in [-0.3, -0.25) is 19.2 Å². The van der Waals surface area contributed by atoms with Crippen molar-refractivity contribution in [1.82, 2.24) is 20.0 Å². The van der Waals surface area contributed by atoms with Crippen LogP contribution in [0.4, 0.5) is 10.6 Å². The molecule has 33 heavy (non-hydrogen) atoms. The first-order valence-corrected chi connectivity index (χ1v) is 11.7. The van der Waals surface area contributed by atoms with E-state index in [1.807, 2.05) is 30.3 Å². The molecule has 2 aromatic rings. The Morgan fingerprint density at radius 3 is 2.55 bits per heavy atom. The normalized spacial score (nSPS) is 23.1. The highest BCUT2D eigenvalue weighted by molar-refractivity contribution is 6.10. The minimum absolute atomic E-state index is 0.219. The van der Waals surface area contributed by atoms with Crippen LogP contribution in [-0.2, 0) is 16.1 Å². The summed E-state index contributed by atoms with van der Waals surface area (Å²) in [6, 6.07) is 11.1. The van der Waals surface area contributed by atoms with Gasteiger partial charge in [-0.1, -0.05) is 57.5 Å². The van der Waals surface area contributed by atoms with Crippen LogP contribution in [0.25, 0.3) is 0 Å². The SMILES string of the molecule is CCC(C)(C)C1CCC2(CC1)NC(=O)N(CC(=O)Nc1ccn(Cc3ccccc3)n1)C2=O. The molecule has 2 aliphatic rings. The first kappa shape index (κ1) is 23.0. The highest BCUT2D eigenvalue weighted by atomic mass is 16.2. The number of hydrogen-bond donors (Lipinski definition) is 2. The number of nitrogens with zero attached hydrogens (tertiary/aromatic N) is 3. The second-order valence-electron chi connectivity index (χ2n) is 9.95. The average molecular weight is 452 g/mol. The highest BCUT2D eigenvalue weighted by Gasteiger charge is 2.53. The smallest absolute Gasteiger partial charge is 0.323 e. The van der Waals surface area contributed by atoms with Crippen LogP contribution in [0.3, 0.4) is 0 Å². The van der Waals surface area contributed by atoms with Gasteiger partial charge in [0.1, 0.15) is 12.1 Å². The molecule has 4 amide bonds. The number of amides is 4. The number of hydrogen-bond acceptors (Lipinski definition) is 4. The standard InChI is InChI=1S/C25H33N5O3/c1-4-24(2,3)19-10-13-25(14-11-19)22(32)30(23(33)27-25)17-21(31)26-20-12-15-29(28-20)16-18-8-6-5-7-9-18/h5-9,12,15,19H,4,10-11,13-14,16-17H2,1-3H3,(H,27,33)(H,26,28,31). The maximum Gasteiger partial charge on any atom is 0.325 e. The van der Waals surface area contributed by atoms with Crippen molar-refractivity contribution < 1.29 is 14.4 Å². The Labute approximate surface area is 194 Å². The van der Waals surface area contributed by atoms with Crippen molar-refractivity contribution in [3.8, 4) is 0 Å². The lowest BCUT2D eigenvalue weighted by molar-refractivity contribution is -0.135. The monoisotopic (exact) mass is 451 g/mol. The molecule has 0 radical (unpaired) electrons. The number of aromatic nitrogens is 2. The Morgan fingerprint density at radius 1 is 1.18 bits per heavy atom. The zero-order chi connectivity index (χ0) is 23.6. The molecule has 1 aliphatic heterocycles. The van der Waals surface area contributed by atoms with E-state index in [0.29, 0.717) is 31.1 Å². The highest BCUT2D eigenvalue weighted by Crippen LogP contribution is 2.45. The Morgan fingerprint density at radius 2 is 1.88 bits per heavy atom. The summed E-state index contributed by atoms with van der Waals surface area (Å²) in [5, 5.41) is 9.96. The van der Waals surface area contributed by atoms with E-state index in [0.717, 1.165) is 29.7 Å². The average Bonchev–Trinajstić information content (AvgIpc) is 3.32. The largest absolute Gasteiger partial charge is 0.325 e. The fraction of sp³-hybridized carbons (Fsp3) is 0.520. The fourth-order valence-corrected chi connectivity index (χ4v) is 4.95. The van der Waals surface area contributed by atoms with E-state index in [-0.39, 0.29) is 17.9 Å². The molecule has 1 aliphatic carbocycles. The van der Waals surface area contributed by atoms with Crippen LogP contribution in [0.15, 0.2) is 42.6 Å². The summed E-state index contributed by atoms with van der Waals surface area (Å²) < 4.78 is 1.73. The predicted molar refractivity (Wildman–Crippen MR) is 125 cm³/mol. The van der Waals surface area contributed by atoms with E-state index >= 15 is 0 Å². The second kappa shape index (κ2) is 9.00. The fourth-order valence-electron chi connectivity index (χ4n) is 4.95. The van der Waals surface area contributed by atoms with Gasteiger partial charge in [-0.05, 0) is 42.6 Å². The third-order valence-corrected chi connectivity index (χ3v) is 7.50. The molecule has 8 heteroatoms. The van der Waals surface area contributed by atoms with E-state index in [2.05, 4.69) is 36.5 Å². The summed E-state index contributed by atoms with van der Waals surface area (Å²) >= 11 is 0. The lowest BCUT2D eigenvalue weighted by atomic mass is 9.65. The van der Waals surface area contributed by atoms with Crippen LogP contribution in [0, 0.1) is 11.3 Å². The number of carbonyl (C=O) groups is 3. The van der Waals surface area contributed by atoms with E-state index in [9.17, 15) is 14.4 Å². The van der Waals surface area contributed by atoms with Gasteiger partial charge in [-0.15, -0.1) is 0 Å². The lowest BCUT2D eigenvalue weighted by Gasteiger charge is -2.42. The summed E-state index contributed by atoms with van der Waals surface area (Å²) in [6.45, 7) is 6.99. The van der Waals surface area contributed by atoms with Gasteiger partial charge in [-0.2, -0.15) is 5.10 Å². The number of anilines is 1. The van der Waals surface area contributed by atoms with Gasteiger partial charge in [-0.25, -0.2) is 4.79 Å². The van der Waals surface area contributed by atoms with Crippen molar-refractivity contribution in [2.24, 2.45) is 11.3 Å². The zero-order valence-corrected chi connectivity index (χ0v) is 19.6. The molecular formula is C25H33N5O3. The van der Waals surface area contributed by atoms with Crippen molar-refractivity contribution in [1.29, 1.82) is 0 Å². The Balaban J connectivity index is 1.33. The van der Waals surface area contributed by atoms with Gasteiger partial charge in [0, 0.05) is 12.3 Å². The quantitative estimate of drug-likeness (QED) is 0.626. The number of nitrogens with one attached hydrogen (secondary N) is 2. The summed E-state index contributed by atoms with van der Waals surface area (Å²) in [7, 11) is 0. The molecule has 4 rings (SSSR count). The number of urea groups is 1. The molecule has 1 saturated heterocycles. The molecular weight excluding hydrogens is 418 g/mol. The molecule has 2 N–H and O–H groups in total. The van der Waals surface area contributed by atoms with Crippen LogP contribution < -0.4 is 10.6 Å². The van der Waals surface area contributed by atoms with Crippen molar-refractivity contribution >= 4 is 23.7 Å². The van der Waals surface area contributed by atoms with Gasteiger partial charge in [0.05, 0.1) is 6.54 Å². The van der Waals surface area contributed by atoms with Crippen molar-refractivity contribution in [2.75, 3.05) is 11.9 Å². The summed E-state index contributed by atoms with van der Waals surface area (Å²) in [6.07, 6.45) is 5.89. The maximum atomic E-state index is 13.2. The minimum Gasteiger partial charge on any atom is -0.323 e. The van der Waals surface area contributed by atoms with Crippen LogP contribution in [-0.4, -0.2) is 44.6 Å². The van der Waals surface area contributed by atoms with Crippen LogP contribution in [0.5, 0.6) is 0 Å². The molecule has 0 atom stereocenters. The van der Waals surface area contributed by atoms with E-state index in [4.69, 9.17) is 0 Å². The molecule has 0 bridgehead atoms. The minimum atomic E-state index is -0.866. The molecule has 1 spiro atoms. The van der Waals surface area contributed by atoms with Gasteiger partial charge in [0.2, 0.25) is 5.91 Å². The third-order valence-electron chi connectivity index (χ3n) is 7.50. The molecule has 2 fully saturated rings. The van der Waals surface area contributed by atoms with Gasteiger partial charge >= 0.3 is 6.03 Å². The van der Waals surface area contributed by atoms with Gasteiger partial charge in [0.25, 0.3) is 5.91 Å². The van der Waals surface area contributed by atoms with Gasteiger partial charge < -0.3 is 10.6 Å². The zero-order valence-electron chi connectivity index (χ0n) is 19.6. The number of rotatable bonds is 7.